The quantitative estimate of drug-likeness (QED) is 0.880. The van der Waals surface area contributed by atoms with Gasteiger partial charge in [0.15, 0.2) is 0 Å². The number of rotatable bonds is 4. The summed E-state index contributed by atoms with van der Waals surface area (Å²) >= 11 is 0. The molecule has 0 radical (unpaired) electrons. The van der Waals surface area contributed by atoms with Crippen LogP contribution in [0.3, 0.4) is 0 Å². The van der Waals surface area contributed by atoms with E-state index in [0.717, 1.165) is 44.1 Å². The van der Waals surface area contributed by atoms with Crippen molar-refractivity contribution < 1.29 is 0 Å². The van der Waals surface area contributed by atoms with Crippen LogP contribution in [0.25, 0.3) is 0 Å². The van der Waals surface area contributed by atoms with Gasteiger partial charge < -0.3 is 10.6 Å². The molecule has 2 N–H and O–H groups in total. The predicted octanol–water partition coefficient (Wildman–Crippen LogP) is 2.42. The molecule has 1 aliphatic rings. The van der Waals surface area contributed by atoms with Crippen LogP contribution in [0.15, 0.2) is 48.7 Å². The number of benzene rings is 1. The summed E-state index contributed by atoms with van der Waals surface area (Å²) in [6, 6.07) is 14.8. The van der Waals surface area contributed by atoms with Crippen molar-refractivity contribution in [2.75, 3.05) is 36.8 Å². The van der Waals surface area contributed by atoms with E-state index in [9.17, 15) is 0 Å². The van der Waals surface area contributed by atoms with Crippen LogP contribution in [0, 0.1) is 0 Å². The number of aromatic nitrogens is 1. The summed E-state index contributed by atoms with van der Waals surface area (Å²) in [4.78, 5) is 9.35. The maximum atomic E-state index is 6.06. The summed E-state index contributed by atoms with van der Waals surface area (Å²) in [5.74, 6) is 1.09. The predicted molar refractivity (Wildman–Crippen MR) is 92.0 cm³/mol. The molecule has 116 valence electrons. The van der Waals surface area contributed by atoms with Gasteiger partial charge in [-0.05, 0) is 37.1 Å². The first-order valence-corrected chi connectivity index (χ1v) is 7.97. The van der Waals surface area contributed by atoms with Gasteiger partial charge in [0, 0.05) is 44.1 Å². The first-order chi connectivity index (χ1) is 10.7. The molecule has 22 heavy (non-hydrogen) atoms. The van der Waals surface area contributed by atoms with Crippen molar-refractivity contribution in [3.05, 3.63) is 54.2 Å². The van der Waals surface area contributed by atoms with E-state index in [1.165, 1.54) is 5.56 Å². The number of hydrogen-bond acceptors (Lipinski definition) is 4. The van der Waals surface area contributed by atoms with Crippen LogP contribution >= 0.6 is 0 Å². The Hall–Kier alpha value is -2.07. The summed E-state index contributed by atoms with van der Waals surface area (Å²) in [5.41, 5.74) is 8.22. The minimum absolute atomic E-state index is 0.510. The van der Waals surface area contributed by atoms with Gasteiger partial charge in [-0.25, -0.2) is 4.98 Å². The monoisotopic (exact) mass is 296 g/mol. The second kappa shape index (κ2) is 6.79. The van der Waals surface area contributed by atoms with Crippen molar-refractivity contribution in [2.24, 2.45) is 0 Å². The van der Waals surface area contributed by atoms with E-state index in [1.54, 1.807) is 0 Å². The lowest BCUT2D eigenvalue weighted by atomic mass is 10.0. The lowest BCUT2D eigenvalue weighted by molar-refractivity contribution is 0.195. The smallest absolute Gasteiger partial charge is 0.128 e. The zero-order valence-corrected chi connectivity index (χ0v) is 13.2. The molecule has 1 saturated heterocycles. The second-order valence-corrected chi connectivity index (χ2v) is 5.96. The number of pyridine rings is 1. The van der Waals surface area contributed by atoms with Gasteiger partial charge in [-0.2, -0.15) is 0 Å². The average molecular weight is 296 g/mol. The third kappa shape index (κ3) is 3.39. The molecule has 1 aromatic heterocycles. The summed E-state index contributed by atoms with van der Waals surface area (Å²) in [5, 5.41) is 0. The Morgan fingerprint density at radius 1 is 1.05 bits per heavy atom. The number of nitrogens with two attached hydrogens (primary N) is 1. The van der Waals surface area contributed by atoms with E-state index in [0.29, 0.717) is 6.04 Å². The normalized spacial score (nSPS) is 17.4. The van der Waals surface area contributed by atoms with Gasteiger partial charge in [0.1, 0.15) is 5.82 Å². The molecule has 0 bridgehead atoms. The highest BCUT2D eigenvalue weighted by Gasteiger charge is 2.22. The summed E-state index contributed by atoms with van der Waals surface area (Å²) in [6.07, 6.45) is 2.87. The Bertz CT molecular complexity index is 591. The molecular formula is C18H24N4. The van der Waals surface area contributed by atoms with E-state index < -0.39 is 0 Å². The van der Waals surface area contributed by atoms with Crippen LogP contribution in [0.4, 0.5) is 11.5 Å². The van der Waals surface area contributed by atoms with Crippen LogP contribution in [0.5, 0.6) is 0 Å². The van der Waals surface area contributed by atoms with Gasteiger partial charge in [0.2, 0.25) is 0 Å². The zero-order chi connectivity index (χ0) is 15.4. The summed E-state index contributed by atoms with van der Waals surface area (Å²) < 4.78 is 0. The van der Waals surface area contributed by atoms with Crippen LogP contribution in [-0.2, 0) is 6.42 Å². The highest BCUT2D eigenvalue weighted by molar-refractivity contribution is 5.46. The van der Waals surface area contributed by atoms with E-state index >= 15 is 0 Å². The van der Waals surface area contributed by atoms with Crippen molar-refractivity contribution in [3.63, 3.8) is 0 Å². The summed E-state index contributed by atoms with van der Waals surface area (Å²) in [7, 11) is 0. The Balaban J connectivity index is 1.56. The number of piperazine rings is 1. The molecular weight excluding hydrogens is 272 g/mol. The van der Waals surface area contributed by atoms with E-state index in [1.807, 2.05) is 24.4 Å². The largest absolute Gasteiger partial charge is 0.399 e. The molecule has 0 saturated carbocycles. The van der Waals surface area contributed by atoms with E-state index in [-0.39, 0.29) is 0 Å². The molecule has 0 aliphatic carbocycles. The van der Waals surface area contributed by atoms with Crippen molar-refractivity contribution in [3.8, 4) is 0 Å². The number of para-hydroxylation sites is 1. The minimum Gasteiger partial charge on any atom is -0.399 e. The van der Waals surface area contributed by atoms with Gasteiger partial charge in [-0.15, -0.1) is 0 Å². The zero-order valence-electron chi connectivity index (χ0n) is 13.2. The van der Waals surface area contributed by atoms with E-state index in [2.05, 4.69) is 46.0 Å². The fraction of sp³-hybridized carbons (Fsp3) is 0.389. The van der Waals surface area contributed by atoms with Gasteiger partial charge in [0.05, 0.1) is 0 Å². The lowest BCUT2D eigenvalue weighted by Crippen LogP contribution is -2.50. The Morgan fingerprint density at radius 3 is 2.45 bits per heavy atom. The molecule has 1 fully saturated rings. The van der Waals surface area contributed by atoms with Crippen LogP contribution in [-0.4, -0.2) is 42.1 Å². The minimum atomic E-state index is 0.510. The molecule has 3 rings (SSSR count). The first kappa shape index (κ1) is 14.9. The molecule has 0 amide bonds. The number of hydrogen-bond donors (Lipinski definition) is 1. The third-order valence-electron chi connectivity index (χ3n) is 4.48. The van der Waals surface area contributed by atoms with Crippen molar-refractivity contribution >= 4 is 11.5 Å². The van der Waals surface area contributed by atoms with E-state index in [4.69, 9.17) is 5.73 Å². The summed E-state index contributed by atoms with van der Waals surface area (Å²) in [6.45, 7) is 6.51. The fourth-order valence-electron chi connectivity index (χ4n) is 3.10. The number of anilines is 2. The molecule has 4 nitrogen and oxygen atoms in total. The highest BCUT2D eigenvalue weighted by atomic mass is 15.3. The molecule has 1 aliphatic heterocycles. The van der Waals surface area contributed by atoms with Gasteiger partial charge in [-0.3, -0.25) is 4.90 Å². The van der Waals surface area contributed by atoms with Crippen molar-refractivity contribution in [1.82, 2.24) is 9.88 Å². The SMILES string of the molecule is CC(Cc1ccccc1N)N1CCN(c2ccccn2)CC1. The van der Waals surface area contributed by atoms with Gasteiger partial charge >= 0.3 is 0 Å². The molecule has 1 unspecified atom stereocenters. The van der Waals surface area contributed by atoms with Crippen molar-refractivity contribution in [2.45, 2.75) is 19.4 Å². The first-order valence-electron chi connectivity index (χ1n) is 7.97. The Morgan fingerprint density at radius 2 is 1.77 bits per heavy atom. The average Bonchev–Trinajstić information content (AvgIpc) is 2.58. The number of nitrogen functional groups attached to an aromatic ring is 1. The lowest BCUT2D eigenvalue weighted by Gasteiger charge is -2.38. The van der Waals surface area contributed by atoms with Gasteiger partial charge in [0.25, 0.3) is 0 Å². The van der Waals surface area contributed by atoms with Crippen LogP contribution < -0.4 is 10.6 Å². The topological polar surface area (TPSA) is 45.4 Å². The fourth-order valence-corrected chi connectivity index (χ4v) is 3.10. The maximum Gasteiger partial charge on any atom is 0.128 e. The maximum absolute atomic E-state index is 6.06. The Kier molecular flexibility index (Phi) is 4.59. The molecule has 2 heterocycles. The molecule has 1 atom stereocenters. The van der Waals surface area contributed by atoms with Crippen LogP contribution in [0.2, 0.25) is 0 Å². The third-order valence-corrected chi connectivity index (χ3v) is 4.48. The molecule has 1 aromatic carbocycles. The highest BCUT2D eigenvalue weighted by Crippen LogP contribution is 2.18. The van der Waals surface area contributed by atoms with Crippen LogP contribution in [0.1, 0.15) is 12.5 Å². The molecule has 4 heteroatoms. The number of nitrogens with zero attached hydrogens (tertiary/aromatic N) is 3. The molecule has 0 spiro atoms. The van der Waals surface area contributed by atoms with Crippen molar-refractivity contribution in [1.29, 1.82) is 0 Å². The second-order valence-electron chi connectivity index (χ2n) is 5.96. The van der Waals surface area contributed by atoms with Gasteiger partial charge in [-0.1, -0.05) is 24.3 Å². The Labute approximate surface area is 132 Å². The molecule has 2 aromatic rings. The standard InChI is InChI=1S/C18H24N4/c1-15(14-16-6-2-3-7-17(16)19)21-10-12-22(13-11-21)18-8-4-5-9-20-18/h2-9,15H,10-14,19H2,1H3.